The number of benzene rings is 1. The fourth-order valence-corrected chi connectivity index (χ4v) is 3.31. The number of aromatic nitrogens is 2. The van der Waals surface area contributed by atoms with Gasteiger partial charge in [-0.3, -0.25) is 0 Å². The number of hydrogen-bond acceptors (Lipinski definition) is 2. The molecule has 0 unspecified atom stereocenters. The number of alkyl halides is 1. The van der Waals surface area contributed by atoms with Gasteiger partial charge >= 0.3 is 0 Å². The van der Waals surface area contributed by atoms with E-state index in [9.17, 15) is 0 Å². The molecule has 0 aliphatic heterocycles. The van der Waals surface area contributed by atoms with E-state index >= 15 is 0 Å². The van der Waals surface area contributed by atoms with Crippen molar-refractivity contribution in [3.05, 3.63) is 28.5 Å². The first-order valence-electron chi connectivity index (χ1n) is 6.68. The Bertz CT molecular complexity index is 604. The number of fused-ring (bicyclic) bond motifs is 1. The Morgan fingerprint density at radius 2 is 2.05 bits per heavy atom. The topological polar surface area (TPSA) is 21.1 Å². The van der Waals surface area contributed by atoms with Crippen LogP contribution in [-0.4, -0.2) is 35.1 Å². The first-order valence-corrected chi connectivity index (χ1v) is 8.00. The summed E-state index contributed by atoms with van der Waals surface area (Å²) in [5.41, 5.74) is 2.30. The average Bonchev–Trinajstić information content (AvgIpc) is 2.65. The van der Waals surface area contributed by atoms with E-state index in [1.807, 2.05) is 12.1 Å². The zero-order chi connectivity index (χ0) is 14.9. The van der Waals surface area contributed by atoms with Crippen molar-refractivity contribution in [2.24, 2.45) is 5.41 Å². The highest BCUT2D eigenvalue weighted by Crippen LogP contribution is 2.27. The van der Waals surface area contributed by atoms with E-state index in [0.29, 0.717) is 5.88 Å². The Balaban J connectivity index is 2.44. The molecule has 0 spiro atoms. The van der Waals surface area contributed by atoms with Gasteiger partial charge in [-0.1, -0.05) is 29.8 Å². The van der Waals surface area contributed by atoms with E-state index in [1.54, 1.807) is 0 Å². The largest absolute Gasteiger partial charge is 0.326 e. The Hall–Kier alpha value is -0.580. The molecule has 1 heterocycles. The van der Waals surface area contributed by atoms with Gasteiger partial charge in [0.05, 0.1) is 16.9 Å². The van der Waals surface area contributed by atoms with Crippen molar-refractivity contribution in [3.63, 3.8) is 0 Å². The quantitative estimate of drug-likeness (QED) is 0.750. The van der Waals surface area contributed by atoms with Gasteiger partial charge in [0.15, 0.2) is 0 Å². The summed E-state index contributed by atoms with van der Waals surface area (Å²) in [6.45, 7) is 6.46. The van der Waals surface area contributed by atoms with Crippen molar-refractivity contribution in [2.75, 3.05) is 20.6 Å². The van der Waals surface area contributed by atoms with Crippen LogP contribution in [0.15, 0.2) is 22.7 Å². The van der Waals surface area contributed by atoms with Crippen LogP contribution < -0.4 is 0 Å². The molecule has 110 valence electrons. The second-order valence-electron chi connectivity index (χ2n) is 6.28. The van der Waals surface area contributed by atoms with Crippen molar-refractivity contribution in [1.29, 1.82) is 0 Å². The van der Waals surface area contributed by atoms with Crippen LogP contribution in [0.2, 0.25) is 0 Å². The monoisotopic (exact) mass is 357 g/mol. The highest BCUT2D eigenvalue weighted by molar-refractivity contribution is 9.10. The van der Waals surface area contributed by atoms with Gasteiger partial charge in [-0.25, -0.2) is 4.98 Å². The van der Waals surface area contributed by atoms with Crippen LogP contribution in [0, 0.1) is 5.41 Å². The Morgan fingerprint density at radius 1 is 1.35 bits per heavy atom. The lowest BCUT2D eigenvalue weighted by Gasteiger charge is -2.29. The molecule has 1 aromatic carbocycles. The minimum Gasteiger partial charge on any atom is -0.326 e. The summed E-state index contributed by atoms with van der Waals surface area (Å²) in [5, 5.41) is 0. The molecule has 0 aliphatic carbocycles. The lowest BCUT2D eigenvalue weighted by molar-refractivity contribution is 0.212. The summed E-state index contributed by atoms with van der Waals surface area (Å²) in [7, 11) is 4.21. The van der Waals surface area contributed by atoms with Gasteiger partial charge in [0.2, 0.25) is 0 Å². The van der Waals surface area contributed by atoms with Gasteiger partial charge in [0.25, 0.3) is 0 Å². The average molecular weight is 359 g/mol. The molecule has 0 saturated heterocycles. The molecule has 3 nitrogen and oxygen atoms in total. The second kappa shape index (κ2) is 6.04. The van der Waals surface area contributed by atoms with Crippen LogP contribution in [0.4, 0.5) is 0 Å². The van der Waals surface area contributed by atoms with Gasteiger partial charge in [-0.05, 0) is 37.7 Å². The molecule has 0 N–H and O–H groups in total. The molecule has 5 heteroatoms. The van der Waals surface area contributed by atoms with Gasteiger partial charge in [-0.15, -0.1) is 11.6 Å². The normalized spacial score (nSPS) is 12.6. The van der Waals surface area contributed by atoms with Crippen molar-refractivity contribution in [1.82, 2.24) is 14.5 Å². The molecule has 20 heavy (non-hydrogen) atoms. The summed E-state index contributed by atoms with van der Waals surface area (Å²) in [5.74, 6) is 1.37. The van der Waals surface area contributed by atoms with E-state index in [1.165, 1.54) is 0 Å². The molecule has 0 atom stereocenters. The highest BCUT2D eigenvalue weighted by Gasteiger charge is 2.22. The summed E-state index contributed by atoms with van der Waals surface area (Å²) in [6, 6.07) is 6.16. The van der Waals surface area contributed by atoms with Crippen molar-refractivity contribution in [3.8, 4) is 0 Å². The molecule has 0 amide bonds. The molecular formula is C15H21BrClN3. The fraction of sp³-hybridized carbons (Fsp3) is 0.533. The minimum absolute atomic E-state index is 0.153. The zero-order valence-electron chi connectivity index (χ0n) is 12.5. The van der Waals surface area contributed by atoms with Gasteiger partial charge in [-0.2, -0.15) is 0 Å². The zero-order valence-corrected chi connectivity index (χ0v) is 14.8. The molecule has 0 saturated carbocycles. The van der Waals surface area contributed by atoms with Crippen LogP contribution >= 0.6 is 27.5 Å². The number of rotatable bonds is 5. The Kier molecular flexibility index (Phi) is 4.77. The molecular weight excluding hydrogens is 338 g/mol. The summed E-state index contributed by atoms with van der Waals surface area (Å²) < 4.78 is 3.31. The first kappa shape index (κ1) is 15.8. The van der Waals surface area contributed by atoms with E-state index in [4.69, 9.17) is 11.6 Å². The predicted octanol–water partition coefficient (Wildman–Crippen LogP) is 4.13. The van der Waals surface area contributed by atoms with E-state index in [0.717, 1.165) is 34.4 Å². The standard InChI is InChI=1S/C15H21BrClN3/c1-15(2,9-19(3)4)10-20-13-7-11(16)5-6-12(13)18-14(20)8-17/h5-7H,8-10H2,1-4H3. The first-order chi connectivity index (χ1) is 9.32. The lowest BCUT2D eigenvalue weighted by Crippen LogP contribution is -2.32. The summed E-state index contributed by atoms with van der Waals surface area (Å²) >= 11 is 9.61. The number of nitrogens with zero attached hydrogens (tertiary/aromatic N) is 3. The number of hydrogen-bond donors (Lipinski definition) is 0. The molecule has 2 rings (SSSR count). The van der Waals surface area contributed by atoms with Crippen LogP contribution in [0.5, 0.6) is 0 Å². The lowest BCUT2D eigenvalue weighted by atomic mass is 9.92. The van der Waals surface area contributed by atoms with Crippen molar-refractivity contribution in [2.45, 2.75) is 26.3 Å². The predicted molar refractivity (Wildman–Crippen MR) is 89.3 cm³/mol. The van der Waals surface area contributed by atoms with Crippen molar-refractivity contribution < 1.29 is 0 Å². The summed E-state index contributed by atoms with van der Waals surface area (Å²) in [4.78, 5) is 6.85. The number of imidazole rings is 1. The smallest absolute Gasteiger partial charge is 0.124 e. The van der Waals surface area contributed by atoms with Crippen LogP contribution in [0.1, 0.15) is 19.7 Å². The van der Waals surface area contributed by atoms with Crippen LogP contribution in [-0.2, 0) is 12.4 Å². The van der Waals surface area contributed by atoms with Gasteiger partial charge in [0, 0.05) is 17.6 Å². The van der Waals surface area contributed by atoms with Gasteiger partial charge in [0.1, 0.15) is 5.82 Å². The Labute approximate surface area is 134 Å². The Morgan fingerprint density at radius 3 is 2.65 bits per heavy atom. The SMILES string of the molecule is CN(C)CC(C)(C)Cn1c(CCl)nc2ccc(Br)cc21. The molecule has 0 aliphatic rings. The van der Waals surface area contributed by atoms with E-state index in [-0.39, 0.29) is 5.41 Å². The maximum atomic E-state index is 6.07. The molecule has 0 radical (unpaired) electrons. The van der Waals surface area contributed by atoms with Crippen LogP contribution in [0.25, 0.3) is 11.0 Å². The molecule has 1 aromatic heterocycles. The fourth-order valence-electron chi connectivity index (χ4n) is 2.76. The maximum absolute atomic E-state index is 6.07. The third-order valence-corrected chi connectivity index (χ3v) is 3.97. The molecule has 2 aromatic rings. The number of halogens is 2. The van der Waals surface area contributed by atoms with Crippen molar-refractivity contribution >= 4 is 38.6 Å². The molecule has 0 bridgehead atoms. The third-order valence-electron chi connectivity index (χ3n) is 3.24. The minimum atomic E-state index is 0.153. The van der Waals surface area contributed by atoms with Gasteiger partial charge < -0.3 is 9.47 Å². The van der Waals surface area contributed by atoms with Crippen LogP contribution in [0.3, 0.4) is 0 Å². The highest BCUT2D eigenvalue weighted by atomic mass is 79.9. The van der Waals surface area contributed by atoms with E-state index < -0.39 is 0 Å². The third kappa shape index (κ3) is 3.54. The van der Waals surface area contributed by atoms with E-state index in [2.05, 4.69) is 64.4 Å². The maximum Gasteiger partial charge on any atom is 0.124 e. The second-order valence-corrected chi connectivity index (χ2v) is 7.47. The summed E-state index contributed by atoms with van der Waals surface area (Å²) in [6.07, 6.45) is 0. The molecule has 0 fully saturated rings.